The first-order valence-electron chi connectivity index (χ1n) is 9.08. The average molecular weight is 464 g/mol. The van der Waals surface area contributed by atoms with Gasteiger partial charge in [0.05, 0.1) is 27.1 Å². The van der Waals surface area contributed by atoms with E-state index in [1.807, 2.05) is 6.92 Å². The molecule has 0 spiro atoms. The molecule has 0 aliphatic rings. The number of nitrogens with two attached hydrogens (primary N) is 1. The van der Waals surface area contributed by atoms with Gasteiger partial charge in [-0.2, -0.15) is 0 Å². The van der Waals surface area contributed by atoms with Gasteiger partial charge >= 0.3 is 0 Å². The number of hydrogen-bond donors (Lipinski definition) is 2. The van der Waals surface area contributed by atoms with Crippen molar-refractivity contribution in [3.05, 3.63) is 40.9 Å². The first-order valence-corrected chi connectivity index (χ1v) is 10.4. The van der Waals surface area contributed by atoms with E-state index < -0.39 is 0 Å². The number of thioether (sulfide) groups is 1. The monoisotopic (exact) mass is 463 g/mol. The third-order valence-electron chi connectivity index (χ3n) is 4.46. The van der Waals surface area contributed by atoms with Crippen LogP contribution in [0.5, 0.6) is 17.2 Å². The number of carbonyl (C=O) groups is 1. The molecular weight excluding hydrogens is 442 g/mol. The maximum atomic E-state index is 12.4. The number of aromatic nitrogens is 3. The van der Waals surface area contributed by atoms with E-state index in [1.54, 1.807) is 30.3 Å². The highest BCUT2D eigenvalue weighted by molar-refractivity contribution is 7.99. The summed E-state index contributed by atoms with van der Waals surface area (Å²) in [5, 5.41) is 12.0. The SMILES string of the molecule is COc1cc(-c2nnc(SCC(=O)Nc3cccc(Cl)c3C)n2N)cc(OC)c1OC. The van der Waals surface area contributed by atoms with Crippen molar-refractivity contribution in [2.45, 2.75) is 12.1 Å². The average Bonchev–Trinajstić information content (AvgIpc) is 3.14. The molecule has 1 amide bonds. The van der Waals surface area contributed by atoms with E-state index in [2.05, 4.69) is 15.5 Å². The van der Waals surface area contributed by atoms with E-state index in [1.165, 1.54) is 26.0 Å². The minimum absolute atomic E-state index is 0.0938. The topological polar surface area (TPSA) is 114 Å². The number of nitrogens with one attached hydrogen (secondary N) is 1. The lowest BCUT2D eigenvalue weighted by Crippen LogP contribution is -2.17. The molecule has 1 aromatic heterocycles. The molecule has 0 saturated heterocycles. The summed E-state index contributed by atoms with van der Waals surface area (Å²) in [7, 11) is 4.57. The number of ether oxygens (including phenoxy) is 3. The van der Waals surface area contributed by atoms with E-state index in [9.17, 15) is 4.79 Å². The van der Waals surface area contributed by atoms with Crippen LogP contribution in [0.1, 0.15) is 5.56 Å². The van der Waals surface area contributed by atoms with Gasteiger partial charge in [-0.05, 0) is 36.8 Å². The van der Waals surface area contributed by atoms with Crippen LogP contribution in [0.2, 0.25) is 5.02 Å². The Hall–Kier alpha value is -3.11. The second-order valence-corrected chi connectivity index (χ2v) is 7.69. The molecule has 2 aromatic carbocycles. The summed E-state index contributed by atoms with van der Waals surface area (Å²) in [6.45, 7) is 1.84. The molecule has 0 aliphatic heterocycles. The van der Waals surface area contributed by atoms with Gasteiger partial charge in [0.15, 0.2) is 17.3 Å². The first-order chi connectivity index (χ1) is 14.9. The van der Waals surface area contributed by atoms with Crippen molar-refractivity contribution in [1.82, 2.24) is 14.9 Å². The van der Waals surface area contributed by atoms with Crippen LogP contribution in [0.25, 0.3) is 11.4 Å². The van der Waals surface area contributed by atoms with Gasteiger partial charge in [-0.25, -0.2) is 4.68 Å². The summed E-state index contributed by atoms with van der Waals surface area (Å²) in [4.78, 5) is 12.4. The van der Waals surface area contributed by atoms with Crippen molar-refractivity contribution in [1.29, 1.82) is 0 Å². The van der Waals surface area contributed by atoms with Crippen molar-refractivity contribution in [2.24, 2.45) is 0 Å². The fourth-order valence-corrected chi connectivity index (χ4v) is 3.67. The van der Waals surface area contributed by atoms with Gasteiger partial charge in [0.25, 0.3) is 0 Å². The summed E-state index contributed by atoms with van der Waals surface area (Å²) >= 11 is 7.25. The number of amides is 1. The van der Waals surface area contributed by atoms with Gasteiger partial charge in [0.2, 0.25) is 16.8 Å². The van der Waals surface area contributed by atoms with Gasteiger partial charge in [0.1, 0.15) is 0 Å². The normalized spacial score (nSPS) is 10.6. The smallest absolute Gasteiger partial charge is 0.234 e. The van der Waals surface area contributed by atoms with E-state index in [4.69, 9.17) is 31.7 Å². The predicted molar refractivity (Wildman–Crippen MR) is 121 cm³/mol. The number of benzene rings is 2. The zero-order valence-electron chi connectivity index (χ0n) is 17.4. The lowest BCUT2D eigenvalue weighted by molar-refractivity contribution is -0.113. The molecule has 31 heavy (non-hydrogen) atoms. The van der Waals surface area contributed by atoms with E-state index >= 15 is 0 Å². The molecule has 3 rings (SSSR count). The summed E-state index contributed by atoms with van der Waals surface area (Å²) in [6.07, 6.45) is 0. The molecule has 0 atom stereocenters. The number of nitrogen functional groups attached to an aromatic ring is 1. The lowest BCUT2D eigenvalue weighted by atomic mass is 10.1. The number of nitrogens with zero attached hydrogens (tertiary/aromatic N) is 3. The van der Waals surface area contributed by atoms with Crippen LogP contribution < -0.4 is 25.4 Å². The number of rotatable bonds is 8. The second-order valence-electron chi connectivity index (χ2n) is 6.34. The second kappa shape index (κ2) is 9.80. The zero-order valence-corrected chi connectivity index (χ0v) is 19.0. The van der Waals surface area contributed by atoms with Crippen LogP contribution in [-0.4, -0.2) is 47.9 Å². The van der Waals surface area contributed by atoms with Crippen molar-refractivity contribution in [2.75, 3.05) is 38.2 Å². The summed E-state index contributed by atoms with van der Waals surface area (Å²) in [6, 6.07) is 8.77. The highest BCUT2D eigenvalue weighted by atomic mass is 35.5. The van der Waals surface area contributed by atoms with Crippen molar-refractivity contribution < 1.29 is 19.0 Å². The van der Waals surface area contributed by atoms with Crippen molar-refractivity contribution in [3.8, 4) is 28.6 Å². The molecule has 0 aliphatic carbocycles. The molecule has 164 valence electrons. The third kappa shape index (κ3) is 4.80. The summed E-state index contributed by atoms with van der Waals surface area (Å²) in [5.74, 6) is 7.83. The van der Waals surface area contributed by atoms with Gasteiger partial charge < -0.3 is 25.4 Å². The van der Waals surface area contributed by atoms with E-state index in [0.717, 1.165) is 17.3 Å². The Bertz CT molecular complexity index is 1080. The zero-order chi connectivity index (χ0) is 22.5. The van der Waals surface area contributed by atoms with E-state index in [0.29, 0.717) is 44.5 Å². The Morgan fingerprint density at radius 3 is 2.45 bits per heavy atom. The van der Waals surface area contributed by atoms with Crippen LogP contribution in [0.15, 0.2) is 35.5 Å². The number of hydrogen-bond acceptors (Lipinski definition) is 8. The highest BCUT2D eigenvalue weighted by Crippen LogP contribution is 2.40. The Labute approximate surface area is 188 Å². The van der Waals surface area contributed by atoms with Gasteiger partial charge in [-0.1, -0.05) is 29.4 Å². The van der Waals surface area contributed by atoms with Gasteiger partial charge in [-0.15, -0.1) is 10.2 Å². The maximum Gasteiger partial charge on any atom is 0.234 e. The van der Waals surface area contributed by atoms with Crippen LogP contribution in [0.3, 0.4) is 0 Å². The molecule has 0 radical (unpaired) electrons. The van der Waals surface area contributed by atoms with Crippen molar-refractivity contribution in [3.63, 3.8) is 0 Å². The maximum absolute atomic E-state index is 12.4. The molecular formula is C20H22ClN5O4S. The Morgan fingerprint density at radius 2 is 1.84 bits per heavy atom. The molecule has 0 fully saturated rings. The minimum atomic E-state index is -0.215. The fraction of sp³-hybridized carbons (Fsp3) is 0.250. The Kier molecular flexibility index (Phi) is 7.13. The first kappa shape index (κ1) is 22.6. The summed E-state index contributed by atoms with van der Waals surface area (Å²) < 4.78 is 17.4. The van der Waals surface area contributed by atoms with Crippen LogP contribution in [0, 0.1) is 6.92 Å². The number of methoxy groups -OCH3 is 3. The number of halogens is 1. The third-order valence-corrected chi connectivity index (χ3v) is 5.81. The molecule has 0 saturated carbocycles. The molecule has 0 bridgehead atoms. The van der Waals surface area contributed by atoms with E-state index in [-0.39, 0.29) is 11.7 Å². The molecule has 0 unspecified atom stereocenters. The number of anilines is 1. The molecule has 3 N–H and O–H groups in total. The van der Waals surface area contributed by atoms with Crippen LogP contribution >= 0.6 is 23.4 Å². The number of carbonyl (C=O) groups excluding carboxylic acids is 1. The quantitative estimate of drug-likeness (QED) is 0.386. The molecule has 3 aromatic rings. The lowest BCUT2D eigenvalue weighted by Gasteiger charge is -2.13. The summed E-state index contributed by atoms with van der Waals surface area (Å²) in [5.41, 5.74) is 2.08. The van der Waals surface area contributed by atoms with Crippen molar-refractivity contribution >= 4 is 35.0 Å². The Morgan fingerprint density at radius 1 is 1.16 bits per heavy atom. The largest absolute Gasteiger partial charge is 0.493 e. The standard InChI is InChI=1S/C20H22ClN5O4S/c1-11-13(21)6-5-7-14(11)23-17(27)10-31-20-25-24-19(26(20)22)12-8-15(28-2)18(30-4)16(9-12)29-3/h5-9H,10,22H2,1-4H3,(H,23,27). The van der Waals surface area contributed by atoms with Crippen LogP contribution in [0.4, 0.5) is 5.69 Å². The van der Waals surface area contributed by atoms with Crippen LogP contribution in [-0.2, 0) is 4.79 Å². The Balaban J connectivity index is 1.76. The highest BCUT2D eigenvalue weighted by Gasteiger charge is 2.19. The molecule has 1 heterocycles. The van der Waals surface area contributed by atoms with Gasteiger partial charge in [-0.3, -0.25) is 4.79 Å². The predicted octanol–water partition coefficient (Wildman–Crippen LogP) is 3.38. The van der Waals surface area contributed by atoms with Gasteiger partial charge in [0, 0.05) is 16.3 Å². The molecule has 9 nitrogen and oxygen atoms in total. The molecule has 11 heteroatoms. The fourth-order valence-electron chi connectivity index (χ4n) is 2.84. The minimum Gasteiger partial charge on any atom is -0.493 e.